The van der Waals surface area contributed by atoms with Gasteiger partial charge in [-0.15, -0.1) is 0 Å². The quantitative estimate of drug-likeness (QED) is 0.855. The molecule has 0 aliphatic carbocycles. The lowest BCUT2D eigenvalue weighted by Crippen LogP contribution is -2.15. The van der Waals surface area contributed by atoms with Crippen LogP contribution in [0.15, 0.2) is 38.3 Å². The smallest absolute Gasteiger partial charge is 0.372 e. The van der Waals surface area contributed by atoms with Crippen molar-refractivity contribution in [3.8, 4) is 0 Å². The van der Waals surface area contributed by atoms with Crippen molar-refractivity contribution in [2.75, 3.05) is 5.33 Å². The van der Waals surface area contributed by atoms with Crippen molar-refractivity contribution in [3.63, 3.8) is 0 Å². The summed E-state index contributed by atoms with van der Waals surface area (Å²) in [6.07, 6.45) is 3.66. The summed E-state index contributed by atoms with van der Waals surface area (Å²) < 4.78 is 4.50. The van der Waals surface area contributed by atoms with E-state index in [0.29, 0.717) is 16.2 Å². The summed E-state index contributed by atoms with van der Waals surface area (Å²) in [6, 6.07) is 5.22. The van der Waals surface area contributed by atoms with Gasteiger partial charge < -0.3 is 4.42 Å². The van der Waals surface area contributed by atoms with E-state index in [-0.39, 0.29) is 0 Å². The van der Waals surface area contributed by atoms with Gasteiger partial charge in [0.05, 0.1) is 10.9 Å². The normalized spacial score (nSPS) is 11.3. The van der Waals surface area contributed by atoms with Crippen molar-refractivity contribution < 1.29 is 4.42 Å². The highest BCUT2D eigenvalue weighted by Gasteiger charge is 2.05. The monoisotopic (exact) mass is 281 g/mol. The van der Waals surface area contributed by atoms with Gasteiger partial charge in [0, 0.05) is 5.33 Å². The number of alkyl halides is 1. The highest BCUT2D eigenvalue weighted by atomic mass is 79.9. The molecule has 0 bridgehead atoms. The number of benzene rings is 1. The van der Waals surface area contributed by atoms with E-state index in [1.165, 1.54) is 0 Å². The molecule has 0 unspecified atom stereocenters. The number of H-pyrrole nitrogens is 1. The largest absolute Gasteiger partial charge is 0.419 e. The van der Waals surface area contributed by atoms with Crippen LogP contribution in [0.5, 0.6) is 0 Å². The Balaban J connectivity index is 2.82. The molecule has 1 aromatic carbocycles. The van der Waals surface area contributed by atoms with Crippen LogP contribution in [0.4, 0.5) is 0 Å². The topological polar surface area (TPSA) is 63.1 Å². The molecule has 2 aromatic rings. The van der Waals surface area contributed by atoms with E-state index in [4.69, 9.17) is 0 Å². The fourth-order valence-corrected chi connectivity index (χ4v) is 1.67. The van der Waals surface area contributed by atoms with Gasteiger partial charge in [0.25, 0.3) is 0 Å². The molecule has 4 nitrogen and oxygen atoms in total. The second-order valence-corrected chi connectivity index (χ2v) is 3.78. The Morgan fingerprint density at radius 1 is 1.38 bits per heavy atom. The average Bonchev–Trinajstić information content (AvgIpc) is 2.25. The van der Waals surface area contributed by atoms with Crippen LogP contribution < -0.4 is 11.4 Å². The number of allylic oxidation sites excluding steroid dienone is 1. The van der Waals surface area contributed by atoms with Crippen LogP contribution in [0.25, 0.3) is 17.0 Å². The lowest BCUT2D eigenvalue weighted by atomic mass is 10.1. The van der Waals surface area contributed by atoms with E-state index >= 15 is 0 Å². The number of aromatic amines is 1. The molecule has 16 heavy (non-hydrogen) atoms. The van der Waals surface area contributed by atoms with E-state index in [1.807, 2.05) is 6.08 Å². The molecule has 0 radical (unpaired) electrons. The molecule has 0 aliphatic heterocycles. The number of nitrogens with one attached hydrogen (secondary N) is 1. The average molecular weight is 282 g/mol. The first-order valence-electron chi connectivity index (χ1n) is 4.61. The third kappa shape index (κ3) is 1.99. The van der Waals surface area contributed by atoms with E-state index < -0.39 is 11.4 Å². The highest BCUT2D eigenvalue weighted by molar-refractivity contribution is 9.09. The first-order chi connectivity index (χ1) is 7.72. The Hall–Kier alpha value is -1.62. The minimum Gasteiger partial charge on any atom is -0.372 e. The van der Waals surface area contributed by atoms with Crippen LogP contribution in [0, 0.1) is 0 Å². The molecule has 5 heteroatoms. The molecule has 1 heterocycles. The van der Waals surface area contributed by atoms with Gasteiger partial charge in [0.15, 0.2) is 0 Å². The zero-order valence-corrected chi connectivity index (χ0v) is 9.78. The molecule has 2 rings (SSSR count). The minimum atomic E-state index is -0.737. The molecular weight excluding hydrogens is 274 g/mol. The fourth-order valence-electron chi connectivity index (χ4n) is 1.48. The molecule has 0 fully saturated rings. The second-order valence-electron chi connectivity index (χ2n) is 3.13. The lowest BCUT2D eigenvalue weighted by molar-refractivity contribution is 0.460. The molecule has 0 aliphatic rings. The molecule has 0 saturated heterocycles. The third-order valence-corrected chi connectivity index (χ3v) is 2.48. The Bertz CT molecular complexity index is 654. The summed E-state index contributed by atoms with van der Waals surface area (Å²) >= 11 is 3.25. The van der Waals surface area contributed by atoms with Crippen LogP contribution in [0.2, 0.25) is 0 Å². The zero-order valence-electron chi connectivity index (χ0n) is 8.20. The molecule has 0 atom stereocenters. The third-order valence-electron chi connectivity index (χ3n) is 2.11. The van der Waals surface area contributed by atoms with Gasteiger partial charge >= 0.3 is 11.4 Å². The number of halogens is 1. The van der Waals surface area contributed by atoms with Crippen LogP contribution >= 0.6 is 15.9 Å². The number of aromatic nitrogens is 1. The van der Waals surface area contributed by atoms with Gasteiger partial charge in [0.2, 0.25) is 0 Å². The van der Waals surface area contributed by atoms with Crippen LogP contribution in [0.1, 0.15) is 5.56 Å². The minimum absolute atomic E-state index is 0.388. The van der Waals surface area contributed by atoms with Crippen molar-refractivity contribution in [1.29, 1.82) is 0 Å². The van der Waals surface area contributed by atoms with Gasteiger partial charge in [-0.05, 0) is 11.6 Å². The van der Waals surface area contributed by atoms with E-state index in [2.05, 4.69) is 25.3 Å². The number of fused-ring (bicyclic) bond motifs is 1. The predicted octanol–water partition coefficient (Wildman–Crippen LogP) is 1.89. The summed E-state index contributed by atoms with van der Waals surface area (Å²) in [5, 5.41) is 1.08. The highest BCUT2D eigenvalue weighted by Crippen LogP contribution is 2.13. The maximum Gasteiger partial charge on any atom is 0.419 e. The molecule has 82 valence electrons. The van der Waals surface area contributed by atoms with Crippen LogP contribution in [-0.4, -0.2) is 10.3 Å². The summed E-state index contributed by atoms with van der Waals surface area (Å²) in [5.41, 5.74) is 0.591. The van der Waals surface area contributed by atoms with Gasteiger partial charge in [-0.1, -0.05) is 40.2 Å². The molecular formula is C11H8BrNO3. The van der Waals surface area contributed by atoms with E-state index in [9.17, 15) is 9.59 Å². The summed E-state index contributed by atoms with van der Waals surface area (Å²) in [4.78, 5) is 25.0. The van der Waals surface area contributed by atoms with Crippen molar-refractivity contribution in [1.82, 2.24) is 4.98 Å². The second kappa shape index (κ2) is 4.49. The van der Waals surface area contributed by atoms with Gasteiger partial charge in [0.1, 0.15) is 0 Å². The molecule has 1 aromatic heterocycles. The van der Waals surface area contributed by atoms with Crippen molar-refractivity contribution in [2.45, 2.75) is 0 Å². The van der Waals surface area contributed by atoms with Crippen molar-refractivity contribution in [2.24, 2.45) is 0 Å². The van der Waals surface area contributed by atoms with Crippen LogP contribution in [0.3, 0.4) is 0 Å². The van der Waals surface area contributed by atoms with Crippen molar-refractivity contribution >= 4 is 32.9 Å². The first-order valence-corrected chi connectivity index (χ1v) is 5.73. The number of rotatable bonds is 2. The zero-order chi connectivity index (χ0) is 11.5. The molecule has 0 amide bonds. The Labute approximate surface area is 98.7 Å². The predicted molar refractivity (Wildman–Crippen MR) is 65.9 cm³/mol. The Morgan fingerprint density at radius 3 is 2.94 bits per heavy atom. The molecule has 1 N–H and O–H groups in total. The maximum absolute atomic E-state index is 11.6. The summed E-state index contributed by atoms with van der Waals surface area (Å²) in [6.45, 7) is 0. The lowest BCUT2D eigenvalue weighted by Gasteiger charge is -1.98. The van der Waals surface area contributed by atoms with E-state index in [1.54, 1.807) is 24.3 Å². The van der Waals surface area contributed by atoms with Gasteiger partial charge in [-0.3, -0.25) is 4.98 Å². The van der Waals surface area contributed by atoms with Crippen LogP contribution in [-0.2, 0) is 0 Å². The SMILES string of the molecule is O=c1[nH]c2cccc(C=CCBr)c2c(=O)o1. The Morgan fingerprint density at radius 2 is 2.19 bits per heavy atom. The maximum atomic E-state index is 11.6. The number of hydrogen-bond donors (Lipinski definition) is 1. The molecule has 0 saturated carbocycles. The first kappa shape index (κ1) is 10.9. The summed E-state index contributed by atoms with van der Waals surface area (Å²) in [5.74, 6) is -0.737. The van der Waals surface area contributed by atoms with E-state index in [0.717, 1.165) is 5.56 Å². The number of hydrogen-bond acceptors (Lipinski definition) is 3. The molecule has 0 spiro atoms. The van der Waals surface area contributed by atoms with Gasteiger partial charge in [-0.2, -0.15) is 0 Å². The van der Waals surface area contributed by atoms with Gasteiger partial charge in [-0.25, -0.2) is 9.59 Å². The fraction of sp³-hybridized carbons (Fsp3) is 0.0909. The summed E-state index contributed by atoms with van der Waals surface area (Å²) in [7, 11) is 0. The Kier molecular flexibility index (Phi) is 3.05. The standard InChI is InChI=1S/C11H8BrNO3/c12-6-2-4-7-3-1-5-8-9(7)10(14)16-11(15)13-8/h1-5H,6H2,(H,13,15). The van der Waals surface area contributed by atoms with Crippen molar-refractivity contribution in [3.05, 3.63) is 50.8 Å².